The lowest BCUT2D eigenvalue weighted by Crippen LogP contribution is -2.14. The Labute approximate surface area is 230 Å². The van der Waals surface area contributed by atoms with Crippen LogP contribution in [-0.2, 0) is 11.8 Å². The van der Waals surface area contributed by atoms with Crippen LogP contribution >= 0.6 is 23.1 Å². The first kappa shape index (κ1) is 25.9. The topological polar surface area (TPSA) is 81.9 Å². The molecular formula is C29H29N5O2S2. The predicted octanol–water partition coefficient (Wildman–Crippen LogP) is 6.89. The first-order valence-electron chi connectivity index (χ1n) is 12.3. The Bertz CT molecular complexity index is 1590. The Kier molecular flexibility index (Phi) is 7.49. The highest BCUT2D eigenvalue weighted by Crippen LogP contribution is 2.31. The number of thioether (sulfide) groups is 1. The second kappa shape index (κ2) is 11.0. The molecule has 3 aromatic carbocycles. The van der Waals surface area contributed by atoms with Gasteiger partial charge in [0.05, 0.1) is 16.0 Å². The number of anilines is 1. The van der Waals surface area contributed by atoms with E-state index in [9.17, 15) is 4.79 Å². The van der Waals surface area contributed by atoms with Gasteiger partial charge < -0.3 is 14.6 Å². The summed E-state index contributed by atoms with van der Waals surface area (Å²) in [5.41, 5.74) is 6.29. The molecule has 2 heterocycles. The summed E-state index contributed by atoms with van der Waals surface area (Å²) in [5, 5.41) is 13.2. The van der Waals surface area contributed by atoms with Crippen LogP contribution in [0, 0.1) is 20.8 Å². The minimum absolute atomic E-state index is 0.109. The molecule has 1 N–H and O–H groups in total. The van der Waals surface area contributed by atoms with Crippen LogP contribution in [0.5, 0.6) is 5.75 Å². The molecule has 1 unspecified atom stereocenters. The van der Waals surface area contributed by atoms with Crippen molar-refractivity contribution in [2.45, 2.75) is 39.0 Å². The highest BCUT2D eigenvalue weighted by atomic mass is 32.2. The highest BCUT2D eigenvalue weighted by Gasteiger charge is 2.18. The maximum absolute atomic E-state index is 12.6. The van der Waals surface area contributed by atoms with Crippen LogP contribution in [0.3, 0.4) is 0 Å². The Morgan fingerprint density at radius 3 is 2.47 bits per heavy atom. The van der Waals surface area contributed by atoms with Gasteiger partial charge in [0.25, 0.3) is 0 Å². The first-order valence-corrected chi connectivity index (χ1v) is 14.1. The summed E-state index contributed by atoms with van der Waals surface area (Å²) in [7, 11) is 1.89. The van der Waals surface area contributed by atoms with E-state index in [0.29, 0.717) is 11.0 Å². The third kappa shape index (κ3) is 5.89. The van der Waals surface area contributed by atoms with Crippen molar-refractivity contribution in [1.29, 1.82) is 0 Å². The molecule has 0 fully saturated rings. The Morgan fingerprint density at radius 2 is 1.74 bits per heavy atom. The third-order valence-electron chi connectivity index (χ3n) is 6.03. The minimum Gasteiger partial charge on any atom is -0.483 e. The fourth-order valence-electron chi connectivity index (χ4n) is 4.24. The van der Waals surface area contributed by atoms with E-state index in [2.05, 4.69) is 46.7 Å². The minimum atomic E-state index is -0.283. The monoisotopic (exact) mass is 543 g/mol. The van der Waals surface area contributed by atoms with Gasteiger partial charge in [0.1, 0.15) is 10.8 Å². The molecular weight excluding hydrogens is 514 g/mol. The van der Waals surface area contributed by atoms with E-state index in [4.69, 9.17) is 9.72 Å². The number of aryl methyl sites for hydroxylation is 3. The van der Waals surface area contributed by atoms with Crippen molar-refractivity contribution in [3.8, 4) is 16.3 Å². The maximum Gasteiger partial charge on any atom is 0.234 e. The lowest BCUT2D eigenvalue weighted by molar-refractivity contribution is -0.113. The van der Waals surface area contributed by atoms with Crippen molar-refractivity contribution in [2.24, 2.45) is 7.05 Å². The van der Waals surface area contributed by atoms with Crippen molar-refractivity contribution in [1.82, 2.24) is 19.7 Å². The van der Waals surface area contributed by atoms with E-state index in [1.807, 2.05) is 68.8 Å². The molecule has 5 aromatic rings. The number of rotatable bonds is 8. The van der Waals surface area contributed by atoms with Gasteiger partial charge in [-0.15, -0.1) is 21.5 Å². The van der Waals surface area contributed by atoms with Gasteiger partial charge >= 0.3 is 0 Å². The van der Waals surface area contributed by atoms with Crippen LogP contribution < -0.4 is 10.1 Å². The molecule has 1 amide bonds. The molecule has 0 aliphatic carbocycles. The molecule has 0 aliphatic rings. The molecule has 0 saturated heterocycles. The molecule has 0 saturated carbocycles. The van der Waals surface area contributed by atoms with Crippen molar-refractivity contribution in [3.05, 3.63) is 83.2 Å². The number of benzene rings is 3. The van der Waals surface area contributed by atoms with Crippen LogP contribution in [-0.4, -0.2) is 31.4 Å². The number of amides is 1. The fourth-order valence-corrected chi connectivity index (χ4v) is 6.03. The van der Waals surface area contributed by atoms with Crippen molar-refractivity contribution in [2.75, 3.05) is 11.1 Å². The first-order chi connectivity index (χ1) is 18.2. The van der Waals surface area contributed by atoms with Gasteiger partial charge in [-0.25, -0.2) is 4.98 Å². The number of ether oxygens (including phenoxy) is 1. The van der Waals surface area contributed by atoms with Gasteiger partial charge in [-0.3, -0.25) is 4.79 Å². The molecule has 194 valence electrons. The third-order valence-corrected chi connectivity index (χ3v) is 8.12. The number of thiazole rings is 1. The normalized spacial score (nSPS) is 12.0. The lowest BCUT2D eigenvalue weighted by Gasteiger charge is -2.15. The van der Waals surface area contributed by atoms with Gasteiger partial charge in [-0.05, 0) is 92.9 Å². The standard InChI is InChI=1S/C29H29N5O2S2/c1-17-6-11-24-25(15-17)38-28(31-24)21-7-9-22(10-8-21)30-26(35)16-37-29-33-32-27(34(29)5)20(4)36-23-13-18(2)12-19(3)14-23/h6-15,20H,16H2,1-5H3,(H,30,35). The Morgan fingerprint density at radius 1 is 1.00 bits per heavy atom. The van der Waals surface area contributed by atoms with E-state index >= 15 is 0 Å². The van der Waals surface area contributed by atoms with Crippen LogP contribution in [0.15, 0.2) is 65.8 Å². The van der Waals surface area contributed by atoms with Crippen molar-refractivity contribution < 1.29 is 9.53 Å². The number of carbonyl (C=O) groups excluding carboxylic acids is 1. The van der Waals surface area contributed by atoms with Crippen molar-refractivity contribution in [3.63, 3.8) is 0 Å². The molecule has 0 bridgehead atoms. The van der Waals surface area contributed by atoms with Gasteiger partial charge in [0.15, 0.2) is 17.1 Å². The van der Waals surface area contributed by atoms with Gasteiger partial charge in [-0.1, -0.05) is 23.9 Å². The number of nitrogens with zero attached hydrogens (tertiary/aromatic N) is 4. The molecule has 5 rings (SSSR count). The molecule has 0 radical (unpaired) electrons. The fraction of sp³-hybridized carbons (Fsp3) is 0.241. The largest absolute Gasteiger partial charge is 0.483 e. The van der Waals surface area contributed by atoms with Gasteiger partial charge in [-0.2, -0.15) is 0 Å². The number of hydrogen-bond acceptors (Lipinski definition) is 7. The summed E-state index contributed by atoms with van der Waals surface area (Å²) in [6, 6.07) is 20.2. The molecule has 7 nitrogen and oxygen atoms in total. The number of hydrogen-bond donors (Lipinski definition) is 1. The predicted molar refractivity (Wildman–Crippen MR) is 155 cm³/mol. The molecule has 9 heteroatoms. The SMILES string of the molecule is Cc1cc(C)cc(OC(C)c2nnc(SCC(=O)Nc3ccc(-c4nc5ccc(C)cc5s4)cc3)n2C)c1. The second-order valence-corrected chi connectivity index (χ2v) is 11.4. The summed E-state index contributed by atoms with van der Waals surface area (Å²) in [6.07, 6.45) is -0.283. The van der Waals surface area contributed by atoms with Crippen LogP contribution in [0.4, 0.5) is 5.69 Å². The number of nitrogens with one attached hydrogen (secondary N) is 1. The summed E-state index contributed by atoms with van der Waals surface area (Å²) in [6.45, 7) is 8.12. The average molecular weight is 544 g/mol. The maximum atomic E-state index is 12.6. The van der Waals surface area contributed by atoms with E-state index in [1.165, 1.54) is 22.0 Å². The van der Waals surface area contributed by atoms with Crippen LogP contribution in [0.2, 0.25) is 0 Å². The van der Waals surface area contributed by atoms with Gasteiger partial charge in [0, 0.05) is 18.3 Å². The van der Waals surface area contributed by atoms with E-state index in [-0.39, 0.29) is 17.8 Å². The highest BCUT2D eigenvalue weighted by molar-refractivity contribution is 7.99. The molecule has 2 aromatic heterocycles. The molecule has 38 heavy (non-hydrogen) atoms. The summed E-state index contributed by atoms with van der Waals surface area (Å²) in [5.74, 6) is 1.61. The lowest BCUT2D eigenvalue weighted by atomic mass is 10.1. The summed E-state index contributed by atoms with van der Waals surface area (Å²) >= 11 is 3.01. The van der Waals surface area contributed by atoms with E-state index in [0.717, 1.165) is 38.7 Å². The summed E-state index contributed by atoms with van der Waals surface area (Å²) < 4.78 is 9.16. The summed E-state index contributed by atoms with van der Waals surface area (Å²) in [4.78, 5) is 17.4. The average Bonchev–Trinajstić information content (AvgIpc) is 3.45. The zero-order chi connectivity index (χ0) is 26.8. The quantitative estimate of drug-likeness (QED) is 0.215. The smallest absolute Gasteiger partial charge is 0.234 e. The zero-order valence-corrected chi connectivity index (χ0v) is 23.6. The number of carbonyl (C=O) groups is 1. The number of aromatic nitrogens is 4. The van der Waals surface area contributed by atoms with E-state index in [1.54, 1.807) is 11.3 Å². The Balaban J connectivity index is 1.17. The van der Waals surface area contributed by atoms with Crippen LogP contribution in [0.25, 0.3) is 20.8 Å². The zero-order valence-electron chi connectivity index (χ0n) is 22.0. The second-order valence-electron chi connectivity index (χ2n) is 9.39. The van der Waals surface area contributed by atoms with Crippen LogP contribution in [0.1, 0.15) is 35.5 Å². The Hall–Kier alpha value is -3.69. The molecule has 0 aliphatic heterocycles. The van der Waals surface area contributed by atoms with Crippen molar-refractivity contribution >= 4 is 44.9 Å². The molecule has 0 spiro atoms. The van der Waals surface area contributed by atoms with Gasteiger partial charge in [0.2, 0.25) is 5.91 Å². The number of fused-ring (bicyclic) bond motifs is 1. The van der Waals surface area contributed by atoms with E-state index < -0.39 is 0 Å². The molecule has 1 atom stereocenters.